The Bertz CT molecular complexity index is 1550. The minimum Gasteiger partial charge on any atom is -0.364 e. The molecule has 1 saturated heterocycles. The van der Waals surface area contributed by atoms with E-state index in [9.17, 15) is 13.7 Å². The number of nitrogens with one attached hydrogen (secondary N) is 1. The number of nitriles is 1. The first-order chi connectivity index (χ1) is 17.7. The Hall–Kier alpha value is -3.78. The largest absolute Gasteiger partial charge is 0.364 e. The highest BCUT2D eigenvalue weighted by Crippen LogP contribution is 2.30. The second-order valence-corrected chi connectivity index (χ2v) is 10.4. The predicted octanol–water partition coefficient (Wildman–Crippen LogP) is 3.80. The number of nitrogens with zero attached hydrogens (tertiary/aromatic N) is 5. The predicted molar refractivity (Wildman–Crippen MR) is 146 cm³/mol. The van der Waals surface area contributed by atoms with Crippen molar-refractivity contribution >= 4 is 21.4 Å². The van der Waals surface area contributed by atoms with Crippen molar-refractivity contribution in [2.24, 2.45) is 5.14 Å². The van der Waals surface area contributed by atoms with Crippen LogP contribution in [0.2, 0.25) is 0 Å². The van der Waals surface area contributed by atoms with Gasteiger partial charge >= 0.3 is 0 Å². The van der Waals surface area contributed by atoms with Gasteiger partial charge in [-0.3, -0.25) is 0 Å². The van der Waals surface area contributed by atoms with Gasteiger partial charge in [0.1, 0.15) is 0 Å². The maximum absolute atomic E-state index is 11.9. The van der Waals surface area contributed by atoms with Crippen LogP contribution in [0.15, 0.2) is 66.0 Å². The SMILES string of the molecule is CC.CC1CNCC(C)N1c1ccc(-c2cnc3c(-c4cc(C#N)cc(S(N)(=O)=O)c4)cnn3c2)cc1. The van der Waals surface area contributed by atoms with Gasteiger partial charge in [-0.2, -0.15) is 10.4 Å². The molecule has 4 aromatic rings. The van der Waals surface area contributed by atoms with Crippen molar-refractivity contribution in [2.75, 3.05) is 18.0 Å². The molecule has 0 spiro atoms. The Morgan fingerprint density at radius 1 is 1.00 bits per heavy atom. The van der Waals surface area contributed by atoms with Crippen LogP contribution >= 0.6 is 0 Å². The number of primary sulfonamides is 1. The molecule has 0 bridgehead atoms. The monoisotopic (exact) mass is 517 g/mol. The molecule has 37 heavy (non-hydrogen) atoms. The van der Waals surface area contributed by atoms with Crippen LogP contribution in [0.3, 0.4) is 0 Å². The van der Waals surface area contributed by atoms with E-state index < -0.39 is 10.0 Å². The number of anilines is 1. The zero-order valence-electron chi connectivity index (χ0n) is 21.4. The zero-order chi connectivity index (χ0) is 26.7. The Morgan fingerprint density at radius 2 is 1.68 bits per heavy atom. The Balaban J connectivity index is 0.00000156. The number of nitrogens with two attached hydrogens (primary N) is 1. The van der Waals surface area contributed by atoms with Crippen LogP contribution in [-0.2, 0) is 10.0 Å². The molecule has 3 N–H and O–H groups in total. The fraction of sp³-hybridized carbons (Fsp3) is 0.296. The van der Waals surface area contributed by atoms with Crippen LogP contribution in [0.1, 0.15) is 33.3 Å². The summed E-state index contributed by atoms with van der Waals surface area (Å²) < 4.78 is 25.4. The normalized spacial score (nSPS) is 17.7. The second kappa shape index (κ2) is 10.7. The summed E-state index contributed by atoms with van der Waals surface area (Å²) in [6.07, 6.45) is 5.25. The van der Waals surface area contributed by atoms with Crippen molar-refractivity contribution in [3.8, 4) is 28.3 Å². The number of aromatic nitrogens is 3. The van der Waals surface area contributed by atoms with Crippen LogP contribution in [0.4, 0.5) is 5.69 Å². The number of hydrogen-bond acceptors (Lipinski definition) is 7. The van der Waals surface area contributed by atoms with Crippen molar-refractivity contribution in [3.63, 3.8) is 0 Å². The summed E-state index contributed by atoms with van der Waals surface area (Å²) in [5.41, 5.74) is 4.95. The van der Waals surface area contributed by atoms with Crippen molar-refractivity contribution in [3.05, 3.63) is 66.6 Å². The lowest BCUT2D eigenvalue weighted by Gasteiger charge is -2.41. The average molecular weight is 518 g/mol. The van der Waals surface area contributed by atoms with E-state index in [2.05, 4.69) is 58.4 Å². The van der Waals surface area contributed by atoms with E-state index in [0.29, 0.717) is 28.9 Å². The van der Waals surface area contributed by atoms with Crippen LogP contribution in [-0.4, -0.2) is 48.2 Å². The molecule has 1 aliphatic heterocycles. The molecule has 0 radical (unpaired) electrons. The molecule has 1 aliphatic rings. The summed E-state index contributed by atoms with van der Waals surface area (Å²) in [7, 11) is -3.97. The minimum absolute atomic E-state index is 0.129. The third kappa shape index (κ3) is 5.34. The van der Waals surface area contributed by atoms with Gasteiger partial charge in [-0.15, -0.1) is 0 Å². The van der Waals surface area contributed by atoms with E-state index in [1.165, 1.54) is 17.8 Å². The standard InChI is InChI=1S/C25H25N7O2S.C2H6/c1-16-11-28-12-17(2)32(16)22-5-3-19(4-6-22)21-13-29-25-24(14-30-31(25)15-21)20-7-18(10-26)8-23(9-20)35(27,33)34;1-2/h3-9,13-17,28H,11-12H2,1-2H3,(H2,27,33,34);1-2H3. The molecule has 2 aromatic heterocycles. The second-order valence-electron chi connectivity index (χ2n) is 8.88. The molecule has 0 aliphatic carbocycles. The van der Waals surface area contributed by atoms with Gasteiger partial charge in [-0.1, -0.05) is 26.0 Å². The third-order valence-electron chi connectivity index (χ3n) is 6.36. The molecule has 0 saturated carbocycles. The average Bonchev–Trinajstić information content (AvgIpc) is 3.33. The molecule has 2 atom stereocenters. The van der Waals surface area contributed by atoms with Crippen LogP contribution in [0.25, 0.3) is 27.9 Å². The Labute approximate surface area is 217 Å². The topological polar surface area (TPSA) is 129 Å². The van der Waals surface area contributed by atoms with Crippen LogP contribution in [0.5, 0.6) is 0 Å². The first-order valence-corrected chi connectivity index (χ1v) is 13.8. The molecule has 192 valence electrons. The molecule has 5 rings (SSSR count). The molecular formula is C27H31N7O2S. The van der Waals surface area contributed by atoms with E-state index in [0.717, 1.165) is 24.2 Å². The van der Waals surface area contributed by atoms with Gasteiger partial charge in [0.15, 0.2) is 5.65 Å². The lowest BCUT2D eigenvalue weighted by molar-refractivity contribution is 0.432. The lowest BCUT2D eigenvalue weighted by atomic mass is 10.0. The Morgan fingerprint density at radius 3 is 2.30 bits per heavy atom. The molecule has 1 fully saturated rings. The van der Waals surface area contributed by atoms with Crippen LogP contribution in [0, 0.1) is 11.3 Å². The first-order valence-electron chi connectivity index (χ1n) is 12.3. The van der Waals surface area contributed by atoms with E-state index in [-0.39, 0.29) is 10.5 Å². The summed E-state index contributed by atoms with van der Waals surface area (Å²) in [4.78, 5) is 6.90. The van der Waals surface area contributed by atoms with Gasteiger partial charge in [0.2, 0.25) is 10.0 Å². The summed E-state index contributed by atoms with van der Waals surface area (Å²) in [5.74, 6) is 0. The molecule has 0 amide bonds. The summed E-state index contributed by atoms with van der Waals surface area (Å²) in [6, 6.07) is 15.5. The van der Waals surface area contributed by atoms with Crippen molar-refractivity contribution < 1.29 is 8.42 Å². The quantitative estimate of drug-likeness (QED) is 0.421. The summed E-state index contributed by atoms with van der Waals surface area (Å²) in [6.45, 7) is 10.4. The zero-order valence-corrected chi connectivity index (χ0v) is 22.2. The number of benzene rings is 2. The minimum atomic E-state index is -3.97. The van der Waals surface area contributed by atoms with Crippen molar-refractivity contribution in [2.45, 2.75) is 44.7 Å². The summed E-state index contributed by atoms with van der Waals surface area (Å²) in [5, 5.41) is 22.5. The van der Waals surface area contributed by atoms with Gasteiger partial charge in [0, 0.05) is 54.4 Å². The van der Waals surface area contributed by atoms with Crippen molar-refractivity contribution in [1.82, 2.24) is 19.9 Å². The first kappa shape index (κ1) is 26.3. The molecule has 3 heterocycles. The molecular weight excluding hydrogens is 486 g/mol. The Kier molecular flexibility index (Phi) is 7.59. The van der Waals surface area contributed by atoms with Gasteiger partial charge in [-0.25, -0.2) is 23.1 Å². The molecule has 2 aromatic carbocycles. The van der Waals surface area contributed by atoms with Gasteiger partial charge in [0.25, 0.3) is 0 Å². The van der Waals surface area contributed by atoms with Gasteiger partial charge < -0.3 is 10.2 Å². The lowest BCUT2D eigenvalue weighted by Crippen LogP contribution is -2.55. The molecule has 10 heteroatoms. The summed E-state index contributed by atoms with van der Waals surface area (Å²) >= 11 is 0. The van der Waals surface area contributed by atoms with Gasteiger partial charge in [-0.05, 0) is 55.3 Å². The van der Waals surface area contributed by atoms with E-state index in [1.54, 1.807) is 23.0 Å². The maximum Gasteiger partial charge on any atom is 0.238 e. The fourth-order valence-corrected chi connectivity index (χ4v) is 5.26. The number of fused-ring (bicyclic) bond motifs is 1. The fourth-order valence-electron chi connectivity index (χ4n) is 4.68. The van der Waals surface area contributed by atoms with Gasteiger partial charge in [0.05, 0.1) is 22.7 Å². The smallest absolute Gasteiger partial charge is 0.238 e. The van der Waals surface area contributed by atoms with E-state index in [4.69, 9.17) is 5.14 Å². The number of hydrogen-bond donors (Lipinski definition) is 2. The molecule has 2 unspecified atom stereocenters. The highest BCUT2D eigenvalue weighted by molar-refractivity contribution is 7.89. The number of piperazine rings is 1. The van der Waals surface area contributed by atoms with Crippen molar-refractivity contribution in [1.29, 1.82) is 5.26 Å². The maximum atomic E-state index is 11.9. The van der Waals surface area contributed by atoms with Crippen LogP contribution < -0.4 is 15.4 Å². The highest BCUT2D eigenvalue weighted by Gasteiger charge is 2.24. The number of sulfonamides is 1. The van der Waals surface area contributed by atoms with E-state index in [1.807, 2.05) is 26.1 Å². The third-order valence-corrected chi connectivity index (χ3v) is 7.25. The molecule has 9 nitrogen and oxygen atoms in total. The van der Waals surface area contributed by atoms with E-state index >= 15 is 0 Å². The number of rotatable bonds is 4. The highest BCUT2D eigenvalue weighted by atomic mass is 32.2.